The first-order valence-corrected chi connectivity index (χ1v) is 7.50. The van der Waals surface area contributed by atoms with E-state index < -0.39 is 17.9 Å². The van der Waals surface area contributed by atoms with Gasteiger partial charge >= 0.3 is 5.97 Å². The molecule has 0 fully saturated rings. The van der Waals surface area contributed by atoms with Crippen LogP contribution in [0.2, 0.25) is 0 Å². The lowest BCUT2D eigenvalue weighted by molar-refractivity contribution is -0.142. The molecule has 0 saturated carbocycles. The van der Waals surface area contributed by atoms with E-state index in [1.807, 2.05) is 32.9 Å². The van der Waals surface area contributed by atoms with Crippen molar-refractivity contribution < 1.29 is 19.4 Å². The minimum Gasteiger partial charge on any atom is -0.483 e. The molecule has 1 aromatic carbocycles. The standard InChI is InChI=1S/C15H20BrNO4/c1-9(2)6-12(15(19)20)17-14(18)8-21-13-5-4-10(3)7-11(13)16/h4-5,7,9,12H,6,8H2,1-3H3,(H,17,18)(H,19,20). The molecule has 1 amide bonds. The van der Waals surface area contributed by atoms with E-state index in [0.29, 0.717) is 12.2 Å². The average Bonchev–Trinajstić information content (AvgIpc) is 2.36. The minimum atomic E-state index is -1.03. The lowest BCUT2D eigenvalue weighted by atomic mass is 10.0. The number of aliphatic carboxylic acids is 1. The summed E-state index contributed by atoms with van der Waals surface area (Å²) in [6.07, 6.45) is 0.384. The molecular formula is C15H20BrNO4. The Labute approximate surface area is 132 Å². The van der Waals surface area contributed by atoms with Crippen LogP contribution in [0.4, 0.5) is 0 Å². The number of rotatable bonds is 7. The zero-order valence-electron chi connectivity index (χ0n) is 12.4. The monoisotopic (exact) mass is 357 g/mol. The summed E-state index contributed by atoms with van der Waals surface area (Å²) in [5.41, 5.74) is 1.07. The maximum absolute atomic E-state index is 11.8. The van der Waals surface area contributed by atoms with Crippen molar-refractivity contribution in [2.75, 3.05) is 6.61 Å². The first-order chi connectivity index (χ1) is 9.79. The largest absolute Gasteiger partial charge is 0.483 e. The SMILES string of the molecule is Cc1ccc(OCC(=O)NC(CC(C)C)C(=O)O)c(Br)c1. The smallest absolute Gasteiger partial charge is 0.326 e. The van der Waals surface area contributed by atoms with Crippen LogP contribution >= 0.6 is 15.9 Å². The molecule has 116 valence electrons. The van der Waals surface area contributed by atoms with Gasteiger partial charge in [0, 0.05) is 0 Å². The zero-order valence-corrected chi connectivity index (χ0v) is 13.9. The Hall–Kier alpha value is -1.56. The highest BCUT2D eigenvalue weighted by Gasteiger charge is 2.21. The fourth-order valence-electron chi connectivity index (χ4n) is 1.80. The molecule has 1 unspecified atom stereocenters. The van der Waals surface area contributed by atoms with Crippen LogP contribution in [0.1, 0.15) is 25.8 Å². The van der Waals surface area contributed by atoms with Crippen molar-refractivity contribution in [2.45, 2.75) is 33.2 Å². The Balaban J connectivity index is 2.54. The fraction of sp³-hybridized carbons (Fsp3) is 0.467. The summed E-state index contributed by atoms with van der Waals surface area (Å²) in [5.74, 6) is -0.755. The molecular weight excluding hydrogens is 338 g/mol. The normalized spacial score (nSPS) is 12.0. The zero-order chi connectivity index (χ0) is 16.0. The summed E-state index contributed by atoms with van der Waals surface area (Å²) in [6, 6.07) is 4.63. The quantitative estimate of drug-likeness (QED) is 0.786. The third kappa shape index (κ3) is 6.16. The van der Waals surface area contributed by atoms with Crippen molar-refractivity contribution in [1.29, 1.82) is 0 Å². The molecule has 5 nitrogen and oxygen atoms in total. The summed E-state index contributed by atoms with van der Waals surface area (Å²) in [4.78, 5) is 22.8. The molecule has 6 heteroatoms. The van der Waals surface area contributed by atoms with E-state index in [4.69, 9.17) is 9.84 Å². The van der Waals surface area contributed by atoms with Gasteiger partial charge in [-0.25, -0.2) is 4.79 Å². The second-order valence-electron chi connectivity index (χ2n) is 5.31. The van der Waals surface area contributed by atoms with Crippen molar-refractivity contribution in [2.24, 2.45) is 5.92 Å². The lowest BCUT2D eigenvalue weighted by Crippen LogP contribution is -2.43. The van der Waals surface area contributed by atoms with Crippen molar-refractivity contribution in [3.63, 3.8) is 0 Å². The van der Waals surface area contributed by atoms with E-state index in [2.05, 4.69) is 21.2 Å². The van der Waals surface area contributed by atoms with Crippen molar-refractivity contribution >= 4 is 27.8 Å². The third-order valence-electron chi connectivity index (χ3n) is 2.79. The number of carbonyl (C=O) groups is 2. The van der Waals surface area contributed by atoms with Gasteiger partial charge in [0.05, 0.1) is 4.47 Å². The first kappa shape index (κ1) is 17.5. The van der Waals surface area contributed by atoms with Gasteiger partial charge in [-0.3, -0.25) is 4.79 Å². The Kier molecular flexibility index (Phi) is 6.68. The molecule has 21 heavy (non-hydrogen) atoms. The number of hydrogen-bond acceptors (Lipinski definition) is 3. The summed E-state index contributed by atoms with van der Waals surface area (Å²) in [7, 11) is 0. The summed E-state index contributed by atoms with van der Waals surface area (Å²) < 4.78 is 6.14. The fourth-order valence-corrected chi connectivity index (χ4v) is 2.40. The number of amides is 1. The van der Waals surface area contributed by atoms with Gasteiger partial charge in [-0.15, -0.1) is 0 Å². The topological polar surface area (TPSA) is 75.6 Å². The molecule has 0 aliphatic carbocycles. The van der Waals surface area contributed by atoms with E-state index in [0.717, 1.165) is 10.0 Å². The van der Waals surface area contributed by atoms with Crippen LogP contribution in [-0.2, 0) is 9.59 Å². The molecule has 0 spiro atoms. The third-order valence-corrected chi connectivity index (χ3v) is 3.41. The number of nitrogens with one attached hydrogen (secondary N) is 1. The molecule has 0 heterocycles. The lowest BCUT2D eigenvalue weighted by Gasteiger charge is -2.16. The van der Waals surface area contributed by atoms with Gasteiger partial charge in [-0.1, -0.05) is 19.9 Å². The van der Waals surface area contributed by atoms with Crippen LogP contribution in [0.15, 0.2) is 22.7 Å². The van der Waals surface area contributed by atoms with Crippen LogP contribution in [0.25, 0.3) is 0 Å². The van der Waals surface area contributed by atoms with Gasteiger partial charge < -0.3 is 15.2 Å². The number of hydrogen-bond donors (Lipinski definition) is 2. The second kappa shape index (κ2) is 8.02. The average molecular weight is 358 g/mol. The van der Waals surface area contributed by atoms with Crippen molar-refractivity contribution in [1.82, 2.24) is 5.32 Å². The molecule has 0 aromatic heterocycles. The maximum Gasteiger partial charge on any atom is 0.326 e. The van der Waals surface area contributed by atoms with Gasteiger partial charge in [0.1, 0.15) is 11.8 Å². The number of carboxylic acids is 1. The highest BCUT2D eigenvalue weighted by Crippen LogP contribution is 2.25. The van der Waals surface area contributed by atoms with E-state index in [1.165, 1.54) is 0 Å². The Morgan fingerprint density at radius 3 is 2.57 bits per heavy atom. The highest BCUT2D eigenvalue weighted by molar-refractivity contribution is 9.10. The molecule has 1 aromatic rings. The molecule has 1 rings (SSSR count). The number of benzene rings is 1. The van der Waals surface area contributed by atoms with E-state index in [-0.39, 0.29) is 12.5 Å². The number of aryl methyl sites for hydroxylation is 1. The van der Waals surface area contributed by atoms with Gasteiger partial charge in [0.15, 0.2) is 6.61 Å². The minimum absolute atomic E-state index is 0.179. The van der Waals surface area contributed by atoms with Crippen LogP contribution in [0.5, 0.6) is 5.75 Å². The molecule has 0 radical (unpaired) electrons. The highest BCUT2D eigenvalue weighted by atomic mass is 79.9. The Bertz CT molecular complexity index is 516. The molecule has 2 N–H and O–H groups in total. The number of carboxylic acid groups (broad SMARTS) is 1. The molecule has 0 saturated heterocycles. The van der Waals surface area contributed by atoms with Crippen LogP contribution in [0.3, 0.4) is 0 Å². The van der Waals surface area contributed by atoms with Gasteiger partial charge in [-0.05, 0) is 52.9 Å². The number of ether oxygens (including phenoxy) is 1. The van der Waals surface area contributed by atoms with Gasteiger partial charge in [0.25, 0.3) is 5.91 Å². The van der Waals surface area contributed by atoms with Crippen LogP contribution < -0.4 is 10.1 Å². The molecule has 1 atom stereocenters. The Morgan fingerprint density at radius 1 is 1.38 bits per heavy atom. The van der Waals surface area contributed by atoms with Crippen LogP contribution in [0, 0.1) is 12.8 Å². The maximum atomic E-state index is 11.8. The summed E-state index contributed by atoms with van der Waals surface area (Å²) in [5, 5.41) is 11.5. The predicted molar refractivity (Wildman–Crippen MR) is 83.4 cm³/mol. The van der Waals surface area contributed by atoms with E-state index >= 15 is 0 Å². The van der Waals surface area contributed by atoms with Crippen molar-refractivity contribution in [3.05, 3.63) is 28.2 Å². The Morgan fingerprint density at radius 2 is 2.05 bits per heavy atom. The summed E-state index contributed by atoms with van der Waals surface area (Å²) in [6.45, 7) is 5.54. The molecule has 0 aliphatic heterocycles. The molecule has 0 bridgehead atoms. The van der Waals surface area contributed by atoms with E-state index in [1.54, 1.807) is 6.07 Å². The van der Waals surface area contributed by atoms with E-state index in [9.17, 15) is 9.59 Å². The second-order valence-corrected chi connectivity index (χ2v) is 6.16. The number of halogens is 1. The summed E-state index contributed by atoms with van der Waals surface area (Å²) >= 11 is 3.35. The van der Waals surface area contributed by atoms with Crippen molar-refractivity contribution in [3.8, 4) is 5.75 Å². The first-order valence-electron chi connectivity index (χ1n) is 6.70. The molecule has 0 aliphatic rings. The van der Waals surface area contributed by atoms with Gasteiger partial charge in [0.2, 0.25) is 0 Å². The number of carbonyl (C=O) groups excluding carboxylic acids is 1. The van der Waals surface area contributed by atoms with Crippen LogP contribution in [-0.4, -0.2) is 29.6 Å². The predicted octanol–water partition coefficient (Wildman–Crippen LogP) is 2.75. The van der Waals surface area contributed by atoms with Gasteiger partial charge in [-0.2, -0.15) is 0 Å².